The van der Waals surface area contributed by atoms with Gasteiger partial charge in [0.05, 0.1) is 13.4 Å². The summed E-state index contributed by atoms with van der Waals surface area (Å²) in [5.41, 5.74) is 3.00. The predicted octanol–water partition coefficient (Wildman–Crippen LogP) is 2.82. The molecule has 4 rings (SSSR count). The quantitative estimate of drug-likeness (QED) is 0.758. The van der Waals surface area contributed by atoms with Gasteiger partial charge in [-0.15, -0.1) is 0 Å². The smallest absolute Gasteiger partial charge is 0.165 e. The fraction of sp³-hybridized carbons (Fsp3) is 0.353. The molecular formula is C17H19N5O. The second-order valence-corrected chi connectivity index (χ2v) is 5.81. The Morgan fingerprint density at radius 2 is 2.17 bits per heavy atom. The molecule has 1 N–H and O–H groups in total. The maximum absolute atomic E-state index is 5.25. The van der Waals surface area contributed by atoms with Crippen molar-refractivity contribution in [2.75, 3.05) is 19.0 Å². The Kier molecular flexibility index (Phi) is 3.57. The highest BCUT2D eigenvalue weighted by Crippen LogP contribution is 2.37. The molecule has 0 radical (unpaired) electrons. The first-order chi connectivity index (χ1) is 11.3. The number of anilines is 1. The molecule has 0 spiro atoms. The first-order valence-corrected chi connectivity index (χ1v) is 7.89. The SMILES string of the molecule is COc1cccc(CCNc2ncnc3c2ncn3C2CC2)c1. The summed E-state index contributed by atoms with van der Waals surface area (Å²) in [5.74, 6) is 1.69. The van der Waals surface area contributed by atoms with Crippen molar-refractivity contribution < 1.29 is 4.74 Å². The number of rotatable bonds is 6. The Balaban J connectivity index is 1.47. The van der Waals surface area contributed by atoms with Gasteiger partial charge in [0.2, 0.25) is 0 Å². The number of aromatic nitrogens is 4. The molecule has 3 aromatic rings. The number of fused-ring (bicyclic) bond motifs is 1. The first kappa shape index (κ1) is 14.0. The number of nitrogens with zero attached hydrogens (tertiary/aromatic N) is 4. The predicted molar refractivity (Wildman–Crippen MR) is 88.8 cm³/mol. The lowest BCUT2D eigenvalue weighted by Gasteiger charge is -2.07. The summed E-state index contributed by atoms with van der Waals surface area (Å²) in [6.07, 6.45) is 6.81. The van der Waals surface area contributed by atoms with Crippen LogP contribution in [0.2, 0.25) is 0 Å². The molecule has 1 fully saturated rings. The Hall–Kier alpha value is -2.63. The maximum Gasteiger partial charge on any atom is 0.165 e. The lowest BCUT2D eigenvalue weighted by Crippen LogP contribution is -2.07. The summed E-state index contributed by atoms with van der Waals surface area (Å²) in [7, 11) is 1.69. The molecule has 2 heterocycles. The first-order valence-electron chi connectivity index (χ1n) is 7.89. The Bertz CT molecular complexity index is 825. The molecule has 1 aromatic carbocycles. The highest BCUT2D eigenvalue weighted by atomic mass is 16.5. The lowest BCUT2D eigenvalue weighted by molar-refractivity contribution is 0.414. The van der Waals surface area contributed by atoms with E-state index >= 15 is 0 Å². The highest BCUT2D eigenvalue weighted by Gasteiger charge is 2.26. The summed E-state index contributed by atoms with van der Waals surface area (Å²) >= 11 is 0. The van der Waals surface area contributed by atoms with Crippen molar-refractivity contribution >= 4 is 17.0 Å². The standard InChI is InChI=1S/C17H19N5O/c1-23-14-4-2-3-12(9-14)7-8-18-16-15-17(20-10-19-16)22(11-21-15)13-5-6-13/h2-4,9-11,13H,5-8H2,1H3,(H,18,19,20). The third-order valence-electron chi connectivity index (χ3n) is 4.14. The van der Waals surface area contributed by atoms with Crippen LogP contribution < -0.4 is 10.1 Å². The van der Waals surface area contributed by atoms with E-state index in [1.165, 1.54) is 18.4 Å². The van der Waals surface area contributed by atoms with Gasteiger partial charge in [0.15, 0.2) is 11.5 Å². The van der Waals surface area contributed by atoms with E-state index < -0.39 is 0 Å². The Morgan fingerprint density at radius 3 is 3.00 bits per heavy atom. The highest BCUT2D eigenvalue weighted by molar-refractivity contribution is 5.82. The molecule has 1 aliphatic rings. The molecule has 6 nitrogen and oxygen atoms in total. The van der Waals surface area contributed by atoms with Crippen molar-refractivity contribution in [3.05, 3.63) is 42.5 Å². The van der Waals surface area contributed by atoms with Gasteiger partial charge in [-0.05, 0) is 37.0 Å². The van der Waals surface area contributed by atoms with Crippen LogP contribution >= 0.6 is 0 Å². The van der Waals surface area contributed by atoms with E-state index in [-0.39, 0.29) is 0 Å². The van der Waals surface area contributed by atoms with Crippen LogP contribution in [0.4, 0.5) is 5.82 Å². The molecule has 0 bridgehead atoms. The van der Waals surface area contributed by atoms with Crippen molar-refractivity contribution in [2.45, 2.75) is 25.3 Å². The van der Waals surface area contributed by atoms with Gasteiger partial charge in [0.25, 0.3) is 0 Å². The molecule has 23 heavy (non-hydrogen) atoms. The normalized spacial score (nSPS) is 14.1. The average Bonchev–Trinajstić information content (AvgIpc) is 3.34. The third-order valence-corrected chi connectivity index (χ3v) is 4.14. The number of nitrogens with one attached hydrogen (secondary N) is 1. The minimum absolute atomic E-state index is 0.569. The van der Waals surface area contributed by atoms with Crippen LogP contribution in [0.5, 0.6) is 5.75 Å². The molecule has 0 saturated heterocycles. The third kappa shape index (κ3) is 2.84. The molecule has 0 amide bonds. The van der Waals surface area contributed by atoms with Crippen LogP contribution in [0.3, 0.4) is 0 Å². The second kappa shape index (κ2) is 5.87. The fourth-order valence-corrected chi connectivity index (χ4v) is 2.75. The van der Waals surface area contributed by atoms with Crippen molar-refractivity contribution in [1.29, 1.82) is 0 Å². The Morgan fingerprint density at radius 1 is 1.26 bits per heavy atom. The summed E-state index contributed by atoms with van der Waals surface area (Å²) < 4.78 is 7.41. The van der Waals surface area contributed by atoms with Gasteiger partial charge in [0, 0.05) is 12.6 Å². The molecule has 1 aliphatic carbocycles. The Labute approximate surface area is 134 Å². The van der Waals surface area contributed by atoms with Crippen LogP contribution in [0.15, 0.2) is 36.9 Å². The van der Waals surface area contributed by atoms with Gasteiger partial charge in [-0.1, -0.05) is 12.1 Å². The van der Waals surface area contributed by atoms with Crippen LogP contribution in [-0.2, 0) is 6.42 Å². The summed E-state index contributed by atoms with van der Waals surface area (Å²) in [6.45, 7) is 0.787. The summed E-state index contributed by atoms with van der Waals surface area (Å²) in [6, 6.07) is 8.68. The van der Waals surface area contributed by atoms with Crippen molar-refractivity contribution in [3.8, 4) is 5.75 Å². The van der Waals surface area contributed by atoms with Crippen molar-refractivity contribution in [1.82, 2.24) is 19.5 Å². The van der Waals surface area contributed by atoms with Crippen LogP contribution in [0.1, 0.15) is 24.4 Å². The molecule has 6 heteroatoms. The van der Waals surface area contributed by atoms with E-state index in [0.717, 1.165) is 35.7 Å². The van der Waals surface area contributed by atoms with Gasteiger partial charge in [0.1, 0.15) is 17.6 Å². The maximum atomic E-state index is 5.25. The second-order valence-electron chi connectivity index (χ2n) is 5.81. The average molecular weight is 309 g/mol. The molecule has 2 aromatic heterocycles. The largest absolute Gasteiger partial charge is 0.497 e. The van der Waals surface area contributed by atoms with Gasteiger partial charge in [-0.3, -0.25) is 0 Å². The molecule has 0 unspecified atom stereocenters. The van der Waals surface area contributed by atoms with Gasteiger partial charge >= 0.3 is 0 Å². The number of ether oxygens (including phenoxy) is 1. The van der Waals surface area contributed by atoms with Gasteiger partial charge in [-0.2, -0.15) is 0 Å². The monoisotopic (exact) mass is 309 g/mol. The van der Waals surface area contributed by atoms with Gasteiger partial charge < -0.3 is 14.6 Å². The minimum Gasteiger partial charge on any atom is -0.497 e. The molecule has 0 aliphatic heterocycles. The van der Waals surface area contributed by atoms with Crippen LogP contribution in [0.25, 0.3) is 11.2 Å². The number of hydrogen-bond donors (Lipinski definition) is 1. The lowest BCUT2D eigenvalue weighted by atomic mass is 10.1. The summed E-state index contributed by atoms with van der Waals surface area (Å²) in [4.78, 5) is 13.2. The molecular weight excluding hydrogens is 290 g/mol. The van der Waals surface area contributed by atoms with E-state index in [1.54, 1.807) is 13.4 Å². The zero-order valence-electron chi connectivity index (χ0n) is 13.1. The summed E-state index contributed by atoms with van der Waals surface area (Å²) in [5, 5.41) is 3.38. The van der Waals surface area contributed by atoms with E-state index in [0.29, 0.717) is 6.04 Å². The molecule has 0 atom stereocenters. The van der Waals surface area contributed by atoms with Crippen molar-refractivity contribution in [3.63, 3.8) is 0 Å². The van der Waals surface area contributed by atoms with E-state index in [2.05, 4.69) is 37.0 Å². The van der Waals surface area contributed by atoms with E-state index in [4.69, 9.17) is 4.74 Å². The number of methoxy groups -OCH3 is 1. The zero-order valence-corrected chi connectivity index (χ0v) is 13.1. The number of imidazole rings is 1. The van der Waals surface area contributed by atoms with E-state index in [1.807, 2.05) is 18.5 Å². The minimum atomic E-state index is 0.569. The molecule has 1 saturated carbocycles. The van der Waals surface area contributed by atoms with Crippen LogP contribution in [-0.4, -0.2) is 33.2 Å². The van der Waals surface area contributed by atoms with Gasteiger partial charge in [-0.25, -0.2) is 15.0 Å². The number of benzene rings is 1. The van der Waals surface area contributed by atoms with Crippen LogP contribution in [0, 0.1) is 0 Å². The fourth-order valence-electron chi connectivity index (χ4n) is 2.75. The van der Waals surface area contributed by atoms with Crippen molar-refractivity contribution in [2.24, 2.45) is 0 Å². The zero-order chi connectivity index (χ0) is 15.6. The molecule has 118 valence electrons. The topological polar surface area (TPSA) is 64.9 Å². The number of hydrogen-bond acceptors (Lipinski definition) is 5. The van der Waals surface area contributed by atoms with E-state index in [9.17, 15) is 0 Å².